The summed E-state index contributed by atoms with van der Waals surface area (Å²) in [4.78, 5) is 21.9. The van der Waals surface area contributed by atoms with Crippen LogP contribution in [0.2, 0.25) is 0 Å². The molecule has 2 amide bonds. The van der Waals surface area contributed by atoms with E-state index in [0.29, 0.717) is 23.8 Å². The van der Waals surface area contributed by atoms with Crippen LogP contribution in [0.15, 0.2) is 0 Å². The van der Waals surface area contributed by atoms with Gasteiger partial charge in [-0.25, -0.2) is 0 Å². The Labute approximate surface area is 107 Å². The maximum absolute atomic E-state index is 11.1. The number of urea groups is 1. The Morgan fingerprint density at radius 1 is 1.44 bits per heavy atom. The number of hydrogen-bond acceptors (Lipinski definition) is 3. The number of nitrogens with one attached hydrogen (secondary N) is 2. The number of unbranched alkanes of at least 4 members (excludes halogenated alkanes) is 1. The van der Waals surface area contributed by atoms with Crippen molar-refractivity contribution < 1.29 is 9.59 Å². The van der Waals surface area contributed by atoms with Crippen LogP contribution in [0.3, 0.4) is 0 Å². The van der Waals surface area contributed by atoms with Gasteiger partial charge >= 0.3 is 107 Å². The molecule has 0 aromatic heterocycles. The Bertz CT molecular complexity index is 301. The zero-order valence-corrected chi connectivity index (χ0v) is 11.4. The van der Waals surface area contributed by atoms with Gasteiger partial charge in [0.25, 0.3) is 0 Å². The summed E-state index contributed by atoms with van der Waals surface area (Å²) in [5.74, 6) is 1.01. The fourth-order valence-corrected chi connectivity index (χ4v) is 4.10. The van der Waals surface area contributed by atoms with Gasteiger partial charge < -0.3 is 0 Å². The third kappa shape index (κ3) is 2.93. The molecule has 0 unspecified atom stereocenters. The number of carbonyl (C=O) groups excluding carboxylic acids is 2. The summed E-state index contributed by atoms with van der Waals surface area (Å²) in [7, 11) is 0. The number of amides is 2. The molecular weight excluding hydrogens is 291 g/mol. The SMILES string of the molecule is O=C([Se])CCCC[C@@H]1SC[C@@H]2NC(=O)N[C@@H]21. The molecule has 2 aliphatic rings. The van der Waals surface area contributed by atoms with Crippen molar-refractivity contribution in [2.45, 2.75) is 43.0 Å². The predicted molar refractivity (Wildman–Crippen MR) is 64.7 cm³/mol. The van der Waals surface area contributed by atoms with Gasteiger partial charge in [-0.15, -0.1) is 0 Å². The molecule has 89 valence electrons. The quantitative estimate of drug-likeness (QED) is 0.439. The van der Waals surface area contributed by atoms with Gasteiger partial charge in [0.1, 0.15) is 0 Å². The molecule has 2 heterocycles. The first-order valence-corrected chi connectivity index (χ1v) is 7.46. The van der Waals surface area contributed by atoms with Crippen molar-refractivity contribution >= 4 is 38.5 Å². The summed E-state index contributed by atoms with van der Waals surface area (Å²) in [5.41, 5.74) is 0. The molecule has 0 saturated carbocycles. The van der Waals surface area contributed by atoms with Gasteiger partial charge in [-0.3, -0.25) is 0 Å². The van der Waals surface area contributed by atoms with Gasteiger partial charge in [-0.2, -0.15) is 0 Å². The molecule has 2 N–H and O–H groups in total. The molecule has 6 heteroatoms. The van der Waals surface area contributed by atoms with Gasteiger partial charge in [0.2, 0.25) is 0 Å². The normalized spacial score (nSPS) is 32.0. The standard InChI is InChI=1S/C10H15N2O2SSe/c13-8(16)4-2-1-3-7-9-6(5-15-7)11-10(14)12-9/h6-7,9H,1-5H2,(H2,11,12,14)/t6-,7-,9-/m0/s1. The van der Waals surface area contributed by atoms with Gasteiger partial charge in [-0.1, -0.05) is 0 Å². The van der Waals surface area contributed by atoms with E-state index in [1.807, 2.05) is 11.8 Å². The van der Waals surface area contributed by atoms with Crippen LogP contribution in [0, 0.1) is 0 Å². The van der Waals surface area contributed by atoms with Crippen molar-refractivity contribution in [3.8, 4) is 0 Å². The van der Waals surface area contributed by atoms with Gasteiger partial charge in [0.05, 0.1) is 0 Å². The Balaban J connectivity index is 1.70. The first kappa shape index (κ1) is 12.3. The van der Waals surface area contributed by atoms with Crippen LogP contribution in [-0.2, 0) is 4.79 Å². The summed E-state index contributed by atoms with van der Waals surface area (Å²) in [6.07, 6.45) is 3.73. The fourth-order valence-electron chi connectivity index (χ4n) is 2.26. The van der Waals surface area contributed by atoms with Crippen molar-refractivity contribution in [2.24, 2.45) is 0 Å². The zero-order valence-electron chi connectivity index (χ0n) is 8.90. The Hall–Kier alpha value is -0.191. The molecule has 4 nitrogen and oxygen atoms in total. The van der Waals surface area contributed by atoms with E-state index in [2.05, 4.69) is 26.6 Å². The van der Waals surface area contributed by atoms with Crippen LogP contribution in [-0.4, -0.2) is 49.8 Å². The van der Waals surface area contributed by atoms with Gasteiger partial charge in [0.15, 0.2) is 0 Å². The first-order chi connectivity index (χ1) is 7.66. The monoisotopic (exact) mass is 307 g/mol. The second-order valence-corrected chi connectivity index (χ2v) is 6.47. The summed E-state index contributed by atoms with van der Waals surface area (Å²) in [6, 6.07) is 0.573. The molecular formula is C10H15N2O2SSe. The van der Waals surface area contributed by atoms with Crippen molar-refractivity contribution in [3.05, 3.63) is 0 Å². The van der Waals surface area contributed by atoms with Crippen LogP contribution >= 0.6 is 11.8 Å². The topological polar surface area (TPSA) is 58.2 Å². The molecule has 3 atom stereocenters. The molecule has 0 spiro atoms. The Morgan fingerprint density at radius 3 is 3.00 bits per heavy atom. The molecule has 2 saturated heterocycles. The molecule has 0 aliphatic carbocycles. The van der Waals surface area contributed by atoms with E-state index in [4.69, 9.17) is 0 Å². The summed E-state index contributed by atoms with van der Waals surface area (Å²) in [5, 5.41) is 6.41. The molecule has 2 fully saturated rings. The van der Waals surface area contributed by atoms with Gasteiger partial charge in [0, 0.05) is 0 Å². The number of hydrogen-bond donors (Lipinski definition) is 2. The van der Waals surface area contributed by atoms with E-state index < -0.39 is 0 Å². The van der Waals surface area contributed by atoms with Crippen molar-refractivity contribution in [2.75, 3.05) is 5.75 Å². The first-order valence-electron chi connectivity index (χ1n) is 5.55. The molecule has 16 heavy (non-hydrogen) atoms. The van der Waals surface area contributed by atoms with Gasteiger partial charge in [-0.05, 0) is 0 Å². The average molecular weight is 306 g/mol. The summed E-state index contributed by atoms with van der Waals surface area (Å²) in [6.45, 7) is 0. The second kappa shape index (κ2) is 5.43. The molecule has 2 rings (SSSR count). The van der Waals surface area contributed by atoms with Crippen LogP contribution in [0.1, 0.15) is 25.7 Å². The molecule has 0 aromatic carbocycles. The third-order valence-electron chi connectivity index (χ3n) is 3.06. The van der Waals surface area contributed by atoms with Crippen LogP contribution < -0.4 is 10.6 Å². The zero-order chi connectivity index (χ0) is 11.5. The van der Waals surface area contributed by atoms with E-state index in [1.165, 1.54) is 0 Å². The minimum atomic E-state index is -0.0290. The Kier molecular flexibility index (Phi) is 4.16. The second-order valence-electron chi connectivity index (χ2n) is 4.24. The average Bonchev–Trinajstić information content (AvgIpc) is 2.72. The van der Waals surface area contributed by atoms with Crippen LogP contribution in [0.25, 0.3) is 0 Å². The molecule has 0 bridgehead atoms. The molecule has 2 aliphatic heterocycles. The van der Waals surface area contributed by atoms with Crippen LogP contribution in [0.4, 0.5) is 4.79 Å². The van der Waals surface area contributed by atoms with Crippen molar-refractivity contribution in [3.63, 3.8) is 0 Å². The number of carbonyl (C=O) groups is 2. The molecule has 0 aromatic rings. The van der Waals surface area contributed by atoms with Crippen molar-refractivity contribution in [1.29, 1.82) is 0 Å². The van der Waals surface area contributed by atoms with Crippen molar-refractivity contribution in [1.82, 2.24) is 10.6 Å². The predicted octanol–water partition coefficient (Wildman–Crippen LogP) is 0.407. The number of fused-ring (bicyclic) bond motifs is 1. The molecule has 1 radical (unpaired) electrons. The number of rotatable bonds is 5. The van der Waals surface area contributed by atoms with E-state index in [9.17, 15) is 9.59 Å². The maximum atomic E-state index is 11.1. The Morgan fingerprint density at radius 2 is 2.25 bits per heavy atom. The van der Waals surface area contributed by atoms with E-state index in [-0.39, 0.29) is 10.7 Å². The number of thioether (sulfide) groups is 1. The van der Waals surface area contributed by atoms with Crippen LogP contribution in [0.5, 0.6) is 0 Å². The third-order valence-corrected chi connectivity index (χ3v) is 4.99. The fraction of sp³-hybridized carbons (Fsp3) is 0.800. The summed E-state index contributed by atoms with van der Waals surface area (Å²) < 4.78 is 0.146. The van der Waals surface area contributed by atoms with E-state index in [0.717, 1.165) is 25.0 Å². The summed E-state index contributed by atoms with van der Waals surface area (Å²) >= 11 is 4.43. The van der Waals surface area contributed by atoms with E-state index in [1.54, 1.807) is 0 Å². The van der Waals surface area contributed by atoms with E-state index >= 15 is 0 Å². The minimum absolute atomic E-state index is 0.0290.